The molecule has 11 heteroatoms. The Labute approximate surface area is 192 Å². The van der Waals surface area contributed by atoms with Crippen molar-refractivity contribution in [2.75, 3.05) is 0 Å². The fourth-order valence-electron chi connectivity index (χ4n) is 1.81. The number of nitrogens with zero attached hydrogens (tertiary/aromatic N) is 2. The van der Waals surface area contributed by atoms with Gasteiger partial charge in [-0.15, -0.1) is 12.8 Å². The highest BCUT2D eigenvalue weighted by atomic mass is 16.6. The molecule has 0 bridgehead atoms. The van der Waals surface area contributed by atoms with E-state index in [-0.39, 0.29) is 23.1 Å². The Morgan fingerprint density at radius 3 is 1.64 bits per heavy atom. The predicted molar refractivity (Wildman–Crippen MR) is 121 cm³/mol. The Balaban J connectivity index is 0. The van der Waals surface area contributed by atoms with Gasteiger partial charge in [0.15, 0.2) is 0 Å². The molecule has 2 aromatic carbocycles. The number of ether oxygens (including phenoxy) is 1. The van der Waals surface area contributed by atoms with E-state index in [9.17, 15) is 29.8 Å². The van der Waals surface area contributed by atoms with E-state index in [0.29, 0.717) is 25.0 Å². The number of non-ortho nitro benzene ring substituents is 2. The summed E-state index contributed by atoms with van der Waals surface area (Å²) in [7, 11) is 0. The summed E-state index contributed by atoms with van der Waals surface area (Å²) in [5, 5.41) is 37.0. The van der Waals surface area contributed by atoms with E-state index in [0.717, 1.165) is 6.42 Å². The smallest absolute Gasteiger partial charge is 0.311 e. The number of terminal acetylenes is 1. The summed E-state index contributed by atoms with van der Waals surface area (Å²) in [5.74, 6) is -0.673. The van der Waals surface area contributed by atoms with Gasteiger partial charge >= 0.3 is 11.9 Å². The first-order valence-electron chi connectivity index (χ1n) is 9.99. The fourth-order valence-corrected chi connectivity index (χ4v) is 1.81. The fraction of sp³-hybridized carbons (Fsp3) is 0.273. The van der Waals surface area contributed by atoms with Crippen molar-refractivity contribution in [3.63, 3.8) is 0 Å². The van der Waals surface area contributed by atoms with Crippen molar-refractivity contribution < 1.29 is 35.8 Å². The maximum atomic E-state index is 11.1. The Hall–Kier alpha value is -4.46. The summed E-state index contributed by atoms with van der Waals surface area (Å²) in [5.41, 5.74) is -0.0388. The molecule has 0 radical (unpaired) electrons. The van der Waals surface area contributed by atoms with Gasteiger partial charge in [0.2, 0.25) is 0 Å². The van der Waals surface area contributed by atoms with Crippen LogP contribution in [-0.4, -0.2) is 32.0 Å². The number of hydrogen-bond acceptors (Lipinski definition) is 8. The molecule has 0 unspecified atom stereocenters. The molecule has 2 rings (SSSR count). The molecule has 0 aliphatic rings. The van der Waals surface area contributed by atoms with Crippen LogP contribution in [0.25, 0.3) is 0 Å². The van der Waals surface area contributed by atoms with Gasteiger partial charge < -0.3 is 14.9 Å². The van der Waals surface area contributed by atoms with Gasteiger partial charge in [-0.1, -0.05) is 13.8 Å². The summed E-state index contributed by atoms with van der Waals surface area (Å²) in [6, 6.07) is 10.5. The van der Waals surface area contributed by atoms with Gasteiger partial charge in [0, 0.05) is 37.1 Å². The standard InChI is InChI=1S/C10H11NO4.C6H5NO3.C4H8O2.C2H2/c1-2-3-10(12)15-9-6-4-8(5-7-9)11(13)14;8-6-3-1-5(2-4-6)7(9)10;1-2-3-4(5)6;1-2/h4-7H,2-3H2,1H3;1-4,8H;2-3H2,1H3,(H,5,6);1-2H/i;;;1D. The van der Waals surface area contributed by atoms with Crippen LogP contribution in [0.4, 0.5) is 11.4 Å². The largest absolute Gasteiger partial charge is 0.508 e. The third-order valence-corrected chi connectivity index (χ3v) is 3.26. The van der Waals surface area contributed by atoms with Gasteiger partial charge in [0.1, 0.15) is 12.9 Å². The molecule has 11 nitrogen and oxygen atoms in total. The molecule has 2 aromatic rings. The van der Waals surface area contributed by atoms with E-state index < -0.39 is 15.8 Å². The van der Waals surface area contributed by atoms with Crippen LogP contribution in [0.1, 0.15) is 40.9 Å². The number of carboxylic acids is 1. The van der Waals surface area contributed by atoms with Crippen molar-refractivity contribution in [3.8, 4) is 24.3 Å². The number of carbonyl (C=O) groups is 2. The van der Waals surface area contributed by atoms with Crippen LogP contribution in [0, 0.1) is 33.1 Å². The lowest BCUT2D eigenvalue weighted by molar-refractivity contribution is -0.385. The summed E-state index contributed by atoms with van der Waals surface area (Å²) < 4.78 is 10.7. The van der Waals surface area contributed by atoms with Crippen molar-refractivity contribution in [2.24, 2.45) is 0 Å². The number of phenolic OH excluding ortho intramolecular Hbond substituents is 1. The molecule has 0 fully saturated rings. The van der Waals surface area contributed by atoms with Gasteiger partial charge in [-0.2, -0.15) is 0 Å². The third-order valence-electron chi connectivity index (χ3n) is 3.26. The monoisotopic (exact) mass is 463 g/mol. The second-order valence-corrected chi connectivity index (χ2v) is 5.89. The maximum Gasteiger partial charge on any atom is 0.311 e. The molecule has 0 saturated carbocycles. The van der Waals surface area contributed by atoms with Crippen molar-refractivity contribution in [1.82, 2.24) is 0 Å². The average Bonchev–Trinajstić information content (AvgIpc) is 2.76. The molecule has 178 valence electrons. The highest BCUT2D eigenvalue weighted by Crippen LogP contribution is 2.18. The third kappa shape index (κ3) is 16.0. The van der Waals surface area contributed by atoms with Crippen LogP contribution in [0.15, 0.2) is 48.5 Å². The van der Waals surface area contributed by atoms with Gasteiger partial charge in [0.25, 0.3) is 11.4 Å². The second kappa shape index (κ2) is 18.3. The number of benzene rings is 2. The first-order valence-corrected chi connectivity index (χ1v) is 9.49. The molecule has 2 N–H and O–H groups in total. The van der Waals surface area contributed by atoms with Crippen LogP contribution in [0.3, 0.4) is 0 Å². The topological polar surface area (TPSA) is 170 Å². The lowest BCUT2D eigenvalue weighted by Gasteiger charge is -2.02. The van der Waals surface area contributed by atoms with Crippen molar-refractivity contribution >= 4 is 23.3 Å². The highest BCUT2D eigenvalue weighted by Gasteiger charge is 2.07. The predicted octanol–water partition coefficient (Wildman–Crippen LogP) is 4.72. The summed E-state index contributed by atoms with van der Waals surface area (Å²) in [6.45, 7) is 3.71. The number of phenols is 1. The molecular weight excluding hydrogens is 436 g/mol. The van der Waals surface area contributed by atoms with Crippen LogP contribution < -0.4 is 4.74 Å². The Morgan fingerprint density at radius 2 is 1.33 bits per heavy atom. The normalized spacial score (nSPS) is 8.94. The van der Waals surface area contributed by atoms with E-state index in [1.807, 2.05) is 13.8 Å². The number of aromatic hydroxyl groups is 1. The van der Waals surface area contributed by atoms with E-state index in [1.54, 1.807) is 0 Å². The lowest BCUT2D eigenvalue weighted by Crippen LogP contribution is -2.06. The first kappa shape index (κ1) is 28.5. The number of hydrogen-bond donors (Lipinski definition) is 2. The highest BCUT2D eigenvalue weighted by molar-refractivity contribution is 5.72. The summed E-state index contributed by atoms with van der Waals surface area (Å²) in [6.07, 6.45) is 7.85. The van der Waals surface area contributed by atoms with Crippen LogP contribution in [-0.2, 0) is 9.59 Å². The number of aliphatic carboxylic acids is 1. The molecule has 0 spiro atoms. The molecule has 0 aliphatic carbocycles. The number of carboxylic acid groups (broad SMARTS) is 1. The SMILES string of the molecule is CCCC(=O)O.CCCC(=O)Oc1ccc([N+](=O)[O-])cc1.O=[N+]([O-])c1ccc(O)cc1.[2H]C#C. The molecule has 0 amide bonds. The van der Waals surface area contributed by atoms with Crippen molar-refractivity contribution in [3.05, 3.63) is 68.8 Å². The lowest BCUT2D eigenvalue weighted by atomic mass is 10.3. The zero-order chi connectivity index (χ0) is 26.5. The van der Waals surface area contributed by atoms with Gasteiger partial charge in [-0.25, -0.2) is 0 Å². The minimum absolute atomic E-state index is 0.0159. The Morgan fingerprint density at radius 1 is 0.939 bits per heavy atom. The molecular formula is C22H26N2O9. The maximum absolute atomic E-state index is 11.1. The van der Waals surface area contributed by atoms with E-state index in [1.165, 1.54) is 54.9 Å². The molecule has 0 aromatic heterocycles. The summed E-state index contributed by atoms with van der Waals surface area (Å²) in [4.78, 5) is 40.0. The minimum Gasteiger partial charge on any atom is -0.508 e. The summed E-state index contributed by atoms with van der Waals surface area (Å²) >= 11 is 0. The van der Waals surface area contributed by atoms with Gasteiger partial charge in [0.05, 0.1) is 9.85 Å². The number of rotatable bonds is 7. The van der Waals surface area contributed by atoms with Gasteiger partial charge in [-0.05, 0) is 37.1 Å². The van der Waals surface area contributed by atoms with Crippen LogP contribution in [0.2, 0.25) is 0 Å². The Bertz CT molecular complexity index is 940. The van der Waals surface area contributed by atoms with E-state index in [2.05, 4.69) is 6.42 Å². The van der Waals surface area contributed by atoms with E-state index in [4.69, 9.17) is 16.3 Å². The zero-order valence-corrected chi connectivity index (χ0v) is 18.2. The first-order chi connectivity index (χ1) is 16.0. The molecule has 0 heterocycles. The molecule has 33 heavy (non-hydrogen) atoms. The number of esters is 1. The molecule has 0 atom stereocenters. The average molecular weight is 463 g/mol. The quantitative estimate of drug-likeness (QED) is 0.194. The second-order valence-electron chi connectivity index (χ2n) is 5.89. The number of nitro groups is 2. The minimum atomic E-state index is -0.711. The number of carbonyl (C=O) groups excluding carboxylic acids is 1. The number of nitro benzene ring substituents is 2. The van der Waals surface area contributed by atoms with Crippen molar-refractivity contribution in [2.45, 2.75) is 39.5 Å². The van der Waals surface area contributed by atoms with Crippen LogP contribution in [0.5, 0.6) is 11.5 Å². The molecule has 0 aliphatic heterocycles. The van der Waals surface area contributed by atoms with E-state index >= 15 is 0 Å². The Kier molecular flexibility index (Phi) is 15.8. The molecule has 0 saturated heterocycles. The van der Waals surface area contributed by atoms with Gasteiger partial charge in [-0.3, -0.25) is 29.8 Å². The van der Waals surface area contributed by atoms with Crippen LogP contribution >= 0.6 is 0 Å². The van der Waals surface area contributed by atoms with Crippen molar-refractivity contribution in [1.29, 1.82) is 0 Å². The zero-order valence-electron chi connectivity index (χ0n) is 19.2.